The lowest BCUT2D eigenvalue weighted by atomic mass is 9.86. The third kappa shape index (κ3) is 1.24. The highest BCUT2D eigenvalue weighted by molar-refractivity contribution is 5.31. The number of hydrogen-bond donors (Lipinski definition) is 2. The Kier molecular flexibility index (Phi) is 1.87. The van der Waals surface area contributed by atoms with E-state index in [0.717, 1.165) is 12.8 Å². The molecule has 0 amide bonds. The molecule has 12 heavy (non-hydrogen) atoms. The molecule has 0 radical (unpaired) electrons. The molecule has 2 nitrogen and oxygen atoms in total. The fraction of sp³-hybridized carbons (Fsp3) is 0.400. The van der Waals surface area contributed by atoms with Crippen molar-refractivity contribution < 1.29 is 0 Å². The van der Waals surface area contributed by atoms with E-state index in [1.165, 1.54) is 11.1 Å². The second-order valence-corrected chi connectivity index (χ2v) is 3.50. The van der Waals surface area contributed by atoms with Gasteiger partial charge in [-0.25, -0.2) is 0 Å². The zero-order valence-electron chi connectivity index (χ0n) is 7.03. The van der Waals surface area contributed by atoms with Gasteiger partial charge in [-0.05, 0) is 24.0 Å². The molecule has 0 fully saturated rings. The van der Waals surface area contributed by atoms with Gasteiger partial charge in [0, 0.05) is 12.1 Å². The van der Waals surface area contributed by atoms with E-state index in [-0.39, 0.29) is 12.1 Å². The van der Waals surface area contributed by atoms with Gasteiger partial charge in [0.1, 0.15) is 0 Å². The minimum atomic E-state index is 0.139. The van der Waals surface area contributed by atoms with E-state index in [1.54, 1.807) is 0 Å². The maximum atomic E-state index is 5.87. The molecule has 1 aromatic rings. The summed E-state index contributed by atoms with van der Waals surface area (Å²) in [5, 5.41) is 0. The zero-order valence-corrected chi connectivity index (χ0v) is 7.03. The van der Waals surface area contributed by atoms with Crippen LogP contribution in [0, 0.1) is 0 Å². The summed E-state index contributed by atoms with van der Waals surface area (Å²) in [4.78, 5) is 0. The first-order chi connectivity index (χ1) is 5.77. The number of fused-ring (bicyclic) bond motifs is 1. The molecular weight excluding hydrogens is 148 g/mol. The van der Waals surface area contributed by atoms with Crippen LogP contribution in [0.5, 0.6) is 0 Å². The lowest BCUT2D eigenvalue weighted by Gasteiger charge is -2.27. The maximum Gasteiger partial charge on any atom is 0.0236 e. The summed E-state index contributed by atoms with van der Waals surface area (Å²) in [6.07, 6.45) is 1.86. The third-order valence-corrected chi connectivity index (χ3v) is 2.58. The van der Waals surface area contributed by atoms with Crippen LogP contribution < -0.4 is 11.5 Å². The number of rotatable bonds is 0. The summed E-state index contributed by atoms with van der Waals surface area (Å²) >= 11 is 0. The Morgan fingerprint density at radius 1 is 0.917 bits per heavy atom. The Hall–Kier alpha value is -0.860. The van der Waals surface area contributed by atoms with E-state index in [1.807, 2.05) is 0 Å². The summed E-state index contributed by atoms with van der Waals surface area (Å²) in [7, 11) is 0. The Labute approximate surface area is 72.6 Å². The van der Waals surface area contributed by atoms with Crippen molar-refractivity contribution >= 4 is 0 Å². The number of hydrogen-bond acceptors (Lipinski definition) is 2. The highest BCUT2D eigenvalue weighted by Gasteiger charge is 2.21. The standard InChI is InChI=1S/C10H14N2/c11-9-5-7-3-1-2-4-8(7)6-10(9)12/h1-4,9-10H,5-6,11-12H2/t9-,10-/m0/s1. The van der Waals surface area contributed by atoms with E-state index >= 15 is 0 Å². The molecule has 0 saturated heterocycles. The molecule has 0 saturated carbocycles. The molecule has 1 aliphatic carbocycles. The van der Waals surface area contributed by atoms with Gasteiger partial charge in [-0.15, -0.1) is 0 Å². The van der Waals surface area contributed by atoms with Crippen molar-refractivity contribution in [2.45, 2.75) is 24.9 Å². The van der Waals surface area contributed by atoms with Gasteiger partial charge in [0.05, 0.1) is 0 Å². The van der Waals surface area contributed by atoms with Crippen molar-refractivity contribution in [2.75, 3.05) is 0 Å². The van der Waals surface area contributed by atoms with Gasteiger partial charge in [0.15, 0.2) is 0 Å². The average molecular weight is 162 g/mol. The van der Waals surface area contributed by atoms with Gasteiger partial charge in [-0.1, -0.05) is 24.3 Å². The Bertz CT molecular complexity index is 254. The normalized spacial score (nSPS) is 28.2. The van der Waals surface area contributed by atoms with E-state index < -0.39 is 0 Å². The summed E-state index contributed by atoms with van der Waals surface area (Å²) in [6.45, 7) is 0. The van der Waals surface area contributed by atoms with Crippen molar-refractivity contribution in [1.29, 1.82) is 0 Å². The Balaban J connectivity index is 2.34. The first kappa shape index (κ1) is 7.77. The minimum absolute atomic E-state index is 0.139. The topological polar surface area (TPSA) is 52.0 Å². The molecule has 0 unspecified atom stereocenters. The largest absolute Gasteiger partial charge is 0.326 e. The van der Waals surface area contributed by atoms with Gasteiger partial charge < -0.3 is 11.5 Å². The molecule has 64 valence electrons. The van der Waals surface area contributed by atoms with Crippen molar-refractivity contribution in [3.63, 3.8) is 0 Å². The van der Waals surface area contributed by atoms with Crippen molar-refractivity contribution in [3.8, 4) is 0 Å². The molecule has 2 atom stereocenters. The molecule has 1 aliphatic rings. The molecular formula is C10H14N2. The summed E-state index contributed by atoms with van der Waals surface area (Å²) in [5.41, 5.74) is 14.5. The average Bonchev–Trinajstić information content (AvgIpc) is 2.07. The van der Waals surface area contributed by atoms with Gasteiger partial charge in [0.25, 0.3) is 0 Å². The number of benzene rings is 1. The summed E-state index contributed by atoms with van der Waals surface area (Å²) in [6, 6.07) is 8.67. The van der Waals surface area contributed by atoms with Crippen LogP contribution in [-0.4, -0.2) is 12.1 Å². The maximum absolute atomic E-state index is 5.87. The molecule has 0 aromatic heterocycles. The van der Waals surface area contributed by atoms with Crippen LogP contribution in [0.3, 0.4) is 0 Å². The van der Waals surface area contributed by atoms with Crippen LogP contribution in [0.25, 0.3) is 0 Å². The van der Waals surface area contributed by atoms with E-state index in [9.17, 15) is 0 Å². The molecule has 1 aromatic carbocycles. The SMILES string of the molecule is N[C@H]1Cc2ccccc2C[C@@H]1N. The quantitative estimate of drug-likeness (QED) is 0.581. The minimum Gasteiger partial charge on any atom is -0.326 e. The van der Waals surface area contributed by atoms with Gasteiger partial charge in [-0.3, -0.25) is 0 Å². The van der Waals surface area contributed by atoms with Crippen LogP contribution in [0.2, 0.25) is 0 Å². The molecule has 2 heteroatoms. The molecule has 0 aliphatic heterocycles. The van der Waals surface area contributed by atoms with Crippen LogP contribution in [-0.2, 0) is 12.8 Å². The van der Waals surface area contributed by atoms with Gasteiger partial charge in [-0.2, -0.15) is 0 Å². The summed E-state index contributed by atoms with van der Waals surface area (Å²) < 4.78 is 0. The lowest BCUT2D eigenvalue weighted by molar-refractivity contribution is 0.492. The van der Waals surface area contributed by atoms with Crippen molar-refractivity contribution in [2.24, 2.45) is 11.5 Å². The highest BCUT2D eigenvalue weighted by atomic mass is 14.8. The predicted octanol–water partition coefficient (Wildman–Crippen LogP) is 0.440. The first-order valence-electron chi connectivity index (χ1n) is 4.35. The van der Waals surface area contributed by atoms with Gasteiger partial charge >= 0.3 is 0 Å². The fourth-order valence-corrected chi connectivity index (χ4v) is 1.77. The Morgan fingerprint density at radius 3 is 1.75 bits per heavy atom. The van der Waals surface area contributed by atoms with Crippen LogP contribution in [0.1, 0.15) is 11.1 Å². The first-order valence-corrected chi connectivity index (χ1v) is 4.35. The van der Waals surface area contributed by atoms with Crippen LogP contribution in [0.4, 0.5) is 0 Å². The van der Waals surface area contributed by atoms with Crippen LogP contribution >= 0.6 is 0 Å². The van der Waals surface area contributed by atoms with E-state index in [2.05, 4.69) is 24.3 Å². The second-order valence-electron chi connectivity index (χ2n) is 3.50. The predicted molar refractivity (Wildman–Crippen MR) is 49.8 cm³/mol. The summed E-state index contributed by atoms with van der Waals surface area (Å²) in [5.74, 6) is 0. The molecule has 0 bridgehead atoms. The molecule has 0 spiro atoms. The highest BCUT2D eigenvalue weighted by Crippen LogP contribution is 2.19. The monoisotopic (exact) mass is 162 g/mol. The van der Waals surface area contributed by atoms with E-state index in [4.69, 9.17) is 11.5 Å². The molecule has 0 heterocycles. The molecule has 4 N–H and O–H groups in total. The zero-order chi connectivity index (χ0) is 8.55. The fourth-order valence-electron chi connectivity index (χ4n) is 1.77. The number of nitrogens with two attached hydrogens (primary N) is 2. The van der Waals surface area contributed by atoms with Crippen molar-refractivity contribution in [3.05, 3.63) is 35.4 Å². The van der Waals surface area contributed by atoms with Crippen LogP contribution in [0.15, 0.2) is 24.3 Å². The second kappa shape index (κ2) is 2.88. The van der Waals surface area contributed by atoms with Crippen molar-refractivity contribution in [1.82, 2.24) is 0 Å². The van der Waals surface area contributed by atoms with E-state index in [0.29, 0.717) is 0 Å². The van der Waals surface area contributed by atoms with Gasteiger partial charge in [0.2, 0.25) is 0 Å². The third-order valence-electron chi connectivity index (χ3n) is 2.58. The smallest absolute Gasteiger partial charge is 0.0236 e. The lowest BCUT2D eigenvalue weighted by Crippen LogP contribution is -2.47. The molecule has 2 rings (SSSR count). The Morgan fingerprint density at radius 2 is 1.33 bits per heavy atom.